The number of rotatable bonds is 5. The second kappa shape index (κ2) is 6.63. The van der Waals surface area contributed by atoms with Gasteiger partial charge in [0.2, 0.25) is 5.78 Å². The SMILES string of the molecule is CC(=O)OC(C(=O)CO)C1OC(F)(C(=O)O)C(F)C(N)C1C. The van der Waals surface area contributed by atoms with Crippen LogP contribution in [0.4, 0.5) is 8.78 Å². The van der Waals surface area contributed by atoms with Gasteiger partial charge < -0.3 is 25.4 Å². The number of hydrogen-bond donors (Lipinski definition) is 3. The van der Waals surface area contributed by atoms with E-state index < -0.39 is 60.5 Å². The molecule has 1 fully saturated rings. The third kappa shape index (κ3) is 3.23. The third-order valence-electron chi connectivity index (χ3n) is 3.48. The van der Waals surface area contributed by atoms with Crippen LogP contribution >= 0.6 is 0 Å². The van der Waals surface area contributed by atoms with Crippen LogP contribution in [0.5, 0.6) is 0 Å². The molecule has 0 amide bonds. The molecule has 4 N–H and O–H groups in total. The molecule has 0 spiro atoms. The summed E-state index contributed by atoms with van der Waals surface area (Å²) >= 11 is 0. The summed E-state index contributed by atoms with van der Waals surface area (Å²) in [6.07, 6.45) is -6.14. The number of esters is 1. The van der Waals surface area contributed by atoms with Gasteiger partial charge in [0.25, 0.3) is 0 Å². The maximum Gasteiger partial charge on any atom is 0.372 e. The van der Waals surface area contributed by atoms with E-state index in [1.54, 1.807) is 0 Å². The van der Waals surface area contributed by atoms with Gasteiger partial charge >= 0.3 is 17.8 Å². The van der Waals surface area contributed by atoms with Gasteiger partial charge in [0.05, 0.1) is 0 Å². The highest BCUT2D eigenvalue weighted by atomic mass is 19.2. The van der Waals surface area contributed by atoms with Crippen molar-refractivity contribution in [3.05, 3.63) is 0 Å². The van der Waals surface area contributed by atoms with E-state index in [1.807, 2.05) is 0 Å². The van der Waals surface area contributed by atoms with Crippen molar-refractivity contribution in [1.29, 1.82) is 0 Å². The second-order valence-corrected chi connectivity index (χ2v) is 5.03. The van der Waals surface area contributed by atoms with Gasteiger partial charge in [0, 0.05) is 18.9 Å². The van der Waals surface area contributed by atoms with E-state index in [0.29, 0.717) is 0 Å². The fourth-order valence-corrected chi connectivity index (χ4v) is 2.19. The van der Waals surface area contributed by atoms with Crippen molar-refractivity contribution >= 4 is 17.7 Å². The van der Waals surface area contributed by atoms with E-state index in [1.165, 1.54) is 6.92 Å². The number of hydrogen-bond acceptors (Lipinski definition) is 7. The van der Waals surface area contributed by atoms with Crippen molar-refractivity contribution in [1.82, 2.24) is 0 Å². The third-order valence-corrected chi connectivity index (χ3v) is 3.48. The maximum absolute atomic E-state index is 14.2. The first-order chi connectivity index (χ1) is 10.1. The minimum absolute atomic E-state index is 0.946. The molecule has 1 heterocycles. The van der Waals surface area contributed by atoms with E-state index in [-0.39, 0.29) is 0 Å². The number of carbonyl (C=O) groups excluding carboxylic acids is 2. The molecule has 1 aliphatic rings. The lowest BCUT2D eigenvalue weighted by Gasteiger charge is -2.44. The summed E-state index contributed by atoms with van der Waals surface area (Å²) in [5.41, 5.74) is 5.46. The van der Waals surface area contributed by atoms with Crippen molar-refractivity contribution in [2.75, 3.05) is 6.61 Å². The van der Waals surface area contributed by atoms with Gasteiger partial charge in [-0.25, -0.2) is 9.18 Å². The highest BCUT2D eigenvalue weighted by Crippen LogP contribution is 2.37. The lowest BCUT2D eigenvalue weighted by Crippen LogP contribution is -2.67. The number of aliphatic carboxylic acids is 1. The van der Waals surface area contributed by atoms with E-state index in [0.717, 1.165) is 6.92 Å². The smallest absolute Gasteiger partial charge is 0.372 e. The molecule has 0 radical (unpaired) electrons. The molecular weight excluding hydrogens is 308 g/mol. The van der Waals surface area contributed by atoms with Crippen LogP contribution in [0.25, 0.3) is 0 Å². The minimum atomic E-state index is -3.79. The average molecular weight is 325 g/mol. The van der Waals surface area contributed by atoms with Crippen LogP contribution in [0.3, 0.4) is 0 Å². The van der Waals surface area contributed by atoms with Crippen LogP contribution in [0.1, 0.15) is 13.8 Å². The van der Waals surface area contributed by atoms with Crippen molar-refractivity contribution in [3.8, 4) is 0 Å². The normalized spacial score (nSPS) is 36.5. The summed E-state index contributed by atoms with van der Waals surface area (Å²) in [5.74, 6) is -9.10. The first-order valence-electron chi connectivity index (χ1n) is 6.36. The molecule has 0 aromatic rings. The van der Waals surface area contributed by atoms with Crippen molar-refractivity contribution in [2.45, 2.75) is 44.1 Å². The van der Waals surface area contributed by atoms with Gasteiger partial charge in [-0.1, -0.05) is 6.92 Å². The summed E-state index contributed by atoms with van der Waals surface area (Å²) in [7, 11) is 0. The Bertz CT molecular complexity index is 474. The quantitative estimate of drug-likeness (QED) is 0.544. The summed E-state index contributed by atoms with van der Waals surface area (Å²) < 4.78 is 37.3. The number of carboxylic acid groups (broad SMARTS) is 1. The topological polar surface area (TPSA) is 136 Å². The number of alkyl halides is 2. The second-order valence-electron chi connectivity index (χ2n) is 5.03. The number of carbonyl (C=O) groups is 3. The largest absolute Gasteiger partial charge is 0.477 e. The first kappa shape index (κ1) is 18.4. The number of ketones is 1. The molecule has 8 nitrogen and oxygen atoms in total. The van der Waals surface area contributed by atoms with Crippen LogP contribution in [0, 0.1) is 5.92 Å². The Morgan fingerprint density at radius 1 is 1.45 bits per heavy atom. The van der Waals surface area contributed by atoms with Crippen LogP contribution in [-0.4, -0.2) is 64.8 Å². The number of ether oxygens (including phenoxy) is 2. The van der Waals surface area contributed by atoms with Crippen LogP contribution < -0.4 is 5.73 Å². The van der Waals surface area contributed by atoms with E-state index in [4.69, 9.17) is 15.9 Å². The molecule has 6 unspecified atom stereocenters. The Kier molecular flexibility index (Phi) is 5.54. The van der Waals surface area contributed by atoms with Crippen molar-refractivity contribution < 1.29 is 42.9 Å². The molecule has 126 valence electrons. The Hall–Kier alpha value is -1.65. The Labute approximate surface area is 124 Å². The molecule has 6 atom stereocenters. The molecule has 0 aliphatic carbocycles. The van der Waals surface area contributed by atoms with Gasteiger partial charge in [-0.05, 0) is 0 Å². The summed E-state index contributed by atoms with van der Waals surface area (Å²) in [6.45, 7) is 1.17. The van der Waals surface area contributed by atoms with Gasteiger partial charge in [-0.2, -0.15) is 4.39 Å². The lowest BCUT2D eigenvalue weighted by molar-refractivity contribution is -0.275. The summed E-state index contributed by atoms with van der Waals surface area (Å²) in [4.78, 5) is 33.6. The molecule has 0 aromatic carbocycles. The molecule has 10 heteroatoms. The fraction of sp³-hybridized carbons (Fsp3) is 0.750. The highest BCUT2D eigenvalue weighted by Gasteiger charge is 2.61. The fourth-order valence-electron chi connectivity index (χ4n) is 2.19. The van der Waals surface area contributed by atoms with E-state index >= 15 is 0 Å². The van der Waals surface area contributed by atoms with E-state index in [2.05, 4.69) is 9.47 Å². The number of aliphatic hydroxyl groups is 1. The van der Waals surface area contributed by atoms with Crippen LogP contribution in [0.15, 0.2) is 0 Å². The molecule has 0 aromatic heterocycles. The number of nitrogens with two attached hydrogens (primary N) is 1. The molecule has 1 saturated heterocycles. The number of aliphatic hydroxyl groups excluding tert-OH is 1. The zero-order valence-electron chi connectivity index (χ0n) is 11.9. The van der Waals surface area contributed by atoms with E-state index in [9.17, 15) is 23.2 Å². The van der Waals surface area contributed by atoms with Gasteiger partial charge in [0.15, 0.2) is 12.3 Å². The first-order valence-corrected chi connectivity index (χ1v) is 6.36. The number of Topliss-reactive ketones (excluding diaryl/α,β-unsaturated/α-hetero) is 1. The van der Waals surface area contributed by atoms with Gasteiger partial charge in [-0.3, -0.25) is 9.59 Å². The molecule has 0 bridgehead atoms. The molecule has 0 saturated carbocycles. The summed E-state index contributed by atoms with van der Waals surface area (Å²) in [5, 5.41) is 17.7. The predicted molar refractivity (Wildman–Crippen MR) is 66.0 cm³/mol. The zero-order valence-corrected chi connectivity index (χ0v) is 11.9. The monoisotopic (exact) mass is 325 g/mol. The standard InChI is InChI=1S/C12H17F2NO7/c1-4-7(15)10(13)12(14,11(19)20)22-8(4)9(6(18)3-16)21-5(2)17/h4,7-10,16H,3,15H2,1-2H3,(H,19,20). The van der Waals surface area contributed by atoms with Gasteiger partial charge in [0.1, 0.15) is 12.7 Å². The molecular formula is C12H17F2NO7. The maximum atomic E-state index is 14.2. The Balaban J connectivity index is 3.20. The van der Waals surface area contributed by atoms with Crippen molar-refractivity contribution in [2.24, 2.45) is 11.7 Å². The van der Waals surface area contributed by atoms with Crippen LogP contribution in [-0.2, 0) is 23.9 Å². The Morgan fingerprint density at radius 2 is 2.00 bits per heavy atom. The lowest BCUT2D eigenvalue weighted by atomic mass is 9.83. The number of carboxylic acids is 1. The minimum Gasteiger partial charge on any atom is -0.477 e. The predicted octanol–water partition coefficient (Wildman–Crippen LogP) is -1.07. The number of halogens is 2. The van der Waals surface area contributed by atoms with Crippen LogP contribution in [0.2, 0.25) is 0 Å². The average Bonchev–Trinajstić information content (AvgIpc) is 2.45. The molecule has 1 aliphatic heterocycles. The zero-order chi connectivity index (χ0) is 17.2. The highest BCUT2D eigenvalue weighted by molar-refractivity contribution is 5.87. The Morgan fingerprint density at radius 3 is 2.41 bits per heavy atom. The van der Waals surface area contributed by atoms with Gasteiger partial charge in [-0.15, -0.1) is 0 Å². The van der Waals surface area contributed by atoms with Crippen molar-refractivity contribution in [3.63, 3.8) is 0 Å². The molecule has 22 heavy (non-hydrogen) atoms. The summed E-state index contributed by atoms with van der Waals surface area (Å²) in [6, 6.07) is -1.62. The molecule has 1 rings (SSSR count).